The molecule has 0 aromatic rings. The molecule has 0 aromatic heterocycles. The molecule has 0 aromatic carbocycles. The summed E-state index contributed by atoms with van der Waals surface area (Å²) in [4.78, 5) is 72.9. The predicted octanol–water partition coefficient (Wildman–Crippen LogP) is 4.70. The number of hydrogen-bond acceptors (Lipinski definition) is 18. The molecule has 24 heteroatoms. The van der Waals surface area contributed by atoms with Crippen LogP contribution in [0.5, 0.6) is 0 Å². The number of alkyl halides is 6. The molecule has 0 radical (unpaired) electrons. The van der Waals surface area contributed by atoms with Crippen LogP contribution >= 0.6 is 0 Å². The van der Waals surface area contributed by atoms with Crippen molar-refractivity contribution in [1.82, 2.24) is 0 Å². The first-order valence-electron chi connectivity index (χ1n) is 21.7. The number of carbonyl (C=O) groups is 6. The number of carbonyl (C=O) groups excluding carboxylic acids is 6. The van der Waals surface area contributed by atoms with Crippen molar-refractivity contribution in [1.29, 1.82) is 0 Å². The van der Waals surface area contributed by atoms with Crippen LogP contribution in [-0.2, 0) is 85.6 Å². The second-order valence-electron chi connectivity index (χ2n) is 18.4. The summed E-state index contributed by atoms with van der Waals surface area (Å²) in [7, 11) is 0. The van der Waals surface area contributed by atoms with Crippen molar-refractivity contribution >= 4 is 35.8 Å². The molecule has 18 nitrogen and oxygen atoms in total. The summed E-state index contributed by atoms with van der Waals surface area (Å²) < 4.78 is 142. The Labute approximate surface area is 373 Å². The smallest absolute Gasteiger partial charge is 0.425 e. The van der Waals surface area contributed by atoms with E-state index in [0.29, 0.717) is 6.42 Å². The minimum atomic E-state index is -4.62. The van der Waals surface area contributed by atoms with Gasteiger partial charge >= 0.3 is 48.2 Å². The second kappa shape index (κ2) is 18.1. The normalized spacial score (nSPS) is 38.7. The molecule has 370 valence electrons. The molecular weight excluding hydrogens is 906 g/mol. The first kappa shape index (κ1) is 49.8. The Morgan fingerprint density at radius 1 is 0.652 bits per heavy atom. The summed E-state index contributed by atoms with van der Waals surface area (Å²) in [6.07, 6.45) is -20.5. The van der Waals surface area contributed by atoms with Crippen molar-refractivity contribution in [3.8, 4) is 0 Å². The quantitative estimate of drug-likeness (QED) is 0.133. The minimum Gasteiger partial charge on any atom is -0.454 e. The monoisotopic (exact) mass is 958 g/mol. The Balaban J connectivity index is 0.000000197. The van der Waals surface area contributed by atoms with Crippen LogP contribution in [0.1, 0.15) is 99.3 Å². The number of rotatable bonds is 9. The van der Waals surface area contributed by atoms with Crippen molar-refractivity contribution in [2.75, 3.05) is 0 Å². The number of fused-ring (bicyclic) bond motifs is 6. The Hall–Kier alpha value is -4.10. The van der Waals surface area contributed by atoms with Crippen LogP contribution in [0.25, 0.3) is 0 Å². The van der Waals surface area contributed by atoms with Gasteiger partial charge in [0, 0.05) is 31.3 Å². The van der Waals surface area contributed by atoms with Crippen LogP contribution in [-0.4, -0.2) is 133 Å². The van der Waals surface area contributed by atoms with E-state index in [1.165, 1.54) is 6.92 Å². The lowest BCUT2D eigenvalue weighted by Crippen LogP contribution is -2.43. The maximum atomic E-state index is 12.7. The zero-order valence-electron chi connectivity index (χ0n) is 36.8. The summed E-state index contributed by atoms with van der Waals surface area (Å²) in [6, 6.07) is 0. The summed E-state index contributed by atoms with van der Waals surface area (Å²) in [6.45, 7) is 11.7. The molecule has 6 aliphatic heterocycles. The largest absolute Gasteiger partial charge is 0.454 e. The minimum absolute atomic E-state index is 0.116. The fraction of sp³-hybridized carbons (Fsp3) is 0.810. The fourth-order valence-corrected chi connectivity index (χ4v) is 8.74. The van der Waals surface area contributed by atoms with Gasteiger partial charge in [0.2, 0.25) is 12.2 Å². The fourth-order valence-electron chi connectivity index (χ4n) is 8.74. The summed E-state index contributed by atoms with van der Waals surface area (Å²) >= 11 is 0. The molecule has 0 N–H and O–H groups in total. The molecule has 2 saturated carbocycles. The van der Waals surface area contributed by atoms with Crippen LogP contribution in [0.15, 0.2) is 12.2 Å². The molecule has 0 amide bonds. The lowest BCUT2D eigenvalue weighted by molar-refractivity contribution is -0.251. The number of hydrogen-bond donors (Lipinski definition) is 0. The van der Waals surface area contributed by atoms with Gasteiger partial charge in [-0.3, -0.25) is 14.4 Å². The van der Waals surface area contributed by atoms with E-state index >= 15 is 0 Å². The van der Waals surface area contributed by atoms with Crippen molar-refractivity contribution in [2.24, 2.45) is 17.3 Å². The van der Waals surface area contributed by atoms with Gasteiger partial charge in [0.25, 0.3) is 0 Å². The third-order valence-corrected chi connectivity index (χ3v) is 13.3. The average Bonchev–Trinajstić information content (AvgIpc) is 4.05. The van der Waals surface area contributed by atoms with E-state index in [-0.39, 0.29) is 56.9 Å². The van der Waals surface area contributed by atoms with E-state index in [2.05, 4.69) is 16.1 Å². The summed E-state index contributed by atoms with van der Waals surface area (Å²) in [5, 5.41) is 0. The molecule has 12 atom stereocenters. The van der Waals surface area contributed by atoms with Crippen molar-refractivity contribution in [3.63, 3.8) is 0 Å². The maximum Gasteiger partial charge on any atom is 0.425 e. The van der Waals surface area contributed by atoms with Crippen LogP contribution < -0.4 is 0 Å². The molecule has 8 fully saturated rings. The van der Waals surface area contributed by atoms with Gasteiger partial charge in [-0.15, -0.1) is 0 Å². The first-order valence-corrected chi connectivity index (χ1v) is 21.7. The Bertz CT molecular complexity index is 1920. The highest BCUT2D eigenvalue weighted by atomic mass is 19.4. The Morgan fingerprint density at radius 2 is 1.03 bits per heavy atom. The van der Waals surface area contributed by atoms with Crippen molar-refractivity contribution in [3.05, 3.63) is 12.2 Å². The zero-order valence-corrected chi connectivity index (χ0v) is 36.8. The molecule has 8 rings (SSSR count). The van der Waals surface area contributed by atoms with Crippen LogP contribution in [0.2, 0.25) is 0 Å². The van der Waals surface area contributed by atoms with Gasteiger partial charge in [0.05, 0.1) is 17.3 Å². The van der Waals surface area contributed by atoms with E-state index in [1.807, 2.05) is 6.92 Å². The maximum absolute atomic E-state index is 12.7. The molecule has 66 heavy (non-hydrogen) atoms. The molecule has 8 aliphatic rings. The standard InChI is InChI=1S/C22H29F3O9.C20H23F3O9/c1-5-20(3,4)19(28)32-14-12-13(30-17(14)27)15-18(31-12)34-21(33-15)8-6-11(7-9-21)16(26)29-10(2)22(23,24)25;1-8(2)15(24)29-13-11-12(28-17(13)26)14-18(30-11)32-19(31-14)6-4-10(5-7-19)16(25)27-9(3)20(21,22)23/h10-15,18H,5-9H2,1-4H3;9-14,18H,1,4-7H2,2-3H3/t10?,11?,12-,13-,14-,15+,18+,21?;9?,10?,11-,12-,13-,14+,18+,19?/m00/s1. The molecule has 2 aliphatic carbocycles. The first-order chi connectivity index (χ1) is 30.7. The van der Waals surface area contributed by atoms with E-state index in [4.69, 9.17) is 47.4 Å². The van der Waals surface area contributed by atoms with Gasteiger partial charge in [-0.2, -0.15) is 26.3 Å². The van der Waals surface area contributed by atoms with Crippen LogP contribution in [0, 0.1) is 17.3 Å². The predicted molar refractivity (Wildman–Crippen MR) is 200 cm³/mol. The van der Waals surface area contributed by atoms with Gasteiger partial charge in [-0.25, -0.2) is 14.4 Å². The van der Waals surface area contributed by atoms with Crippen molar-refractivity contribution < 1.29 is 112 Å². The third-order valence-electron chi connectivity index (χ3n) is 13.3. The lowest BCUT2D eigenvalue weighted by atomic mass is 9.85. The topological polar surface area (TPSA) is 213 Å². The average molecular weight is 959 g/mol. The van der Waals surface area contributed by atoms with Gasteiger partial charge in [0.1, 0.15) is 12.2 Å². The van der Waals surface area contributed by atoms with Crippen LogP contribution in [0.4, 0.5) is 26.3 Å². The Morgan fingerprint density at radius 3 is 1.38 bits per heavy atom. The Kier molecular flexibility index (Phi) is 13.6. The van der Waals surface area contributed by atoms with E-state index in [0.717, 1.165) is 13.8 Å². The third kappa shape index (κ3) is 9.90. The van der Waals surface area contributed by atoms with E-state index in [1.54, 1.807) is 13.8 Å². The number of ether oxygens (including phenoxy) is 12. The lowest BCUT2D eigenvalue weighted by Gasteiger charge is -2.36. The second-order valence-corrected chi connectivity index (χ2v) is 18.4. The highest BCUT2D eigenvalue weighted by Gasteiger charge is 2.68. The van der Waals surface area contributed by atoms with Crippen molar-refractivity contribution in [2.45, 2.75) is 197 Å². The van der Waals surface area contributed by atoms with Crippen LogP contribution in [0.3, 0.4) is 0 Å². The van der Waals surface area contributed by atoms with Gasteiger partial charge in [0.15, 0.2) is 60.8 Å². The number of esters is 6. The number of halogens is 6. The molecule has 6 saturated heterocycles. The zero-order chi connectivity index (χ0) is 48.5. The summed E-state index contributed by atoms with van der Waals surface area (Å²) in [5.41, 5.74) is -0.660. The van der Waals surface area contributed by atoms with E-state index in [9.17, 15) is 55.1 Å². The molecule has 2 unspecified atom stereocenters. The molecule has 6 heterocycles. The highest BCUT2D eigenvalue weighted by molar-refractivity contribution is 5.90. The summed E-state index contributed by atoms with van der Waals surface area (Å²) in [5.74, 6) is -8.20. The SMILES string of the molecule is C=C(C)C(=O)O[C@@H]1C(=O)O[C@@H]2[C@H]3OC4(CCC(C(=O)OC(C)C(F)(F)F)CC4)O[C@H]3O[C@@H]21.CCC(C)(C)C(=O)O[C@@H]1C(=O)O[C@@H]2[C@H]3OC4(CCC(C(=O)OC(C)C(F)(F)F)CC4)O[C@H]3O[C@@H]21. The van der Waals surface area contributed by atoms with E-state index < -0.39 is 151 Å². The van der Waals surface area contributed by atoms with Gasteiger partial charge in [-0.1, -0.05) is 13.5 Å². The molecule has 2 spiro atoms. The molecular formula is C42H52F6O18. The molecule has 0 bridgehead atoms. The van der Waals surface area contributed by atoms with Gasteiger partial charge in [-0.05, 0) is 66.7 Å². The van der Waals surface area contributed by atoms with Gasteiger partial charge < -0.3 is 56.8 Å². The highest BCUT2D eigenvalue weighted by Crippen LogP contribution is 2.51.